The van der Waals surface area contributed by atoms with E-state index in [4.69, 9.17) is 9.47 Å². The summed E-state index contributed by atoms with van der Waals surface area (Å²) in [5.74, 6) is 1.04. The highest BCUT2D eigenvalue weighted by molar-refractivity contribution is 5.92. The number of aromatic nitrogens is 2. The van der Waals surface area contributed by atoms with E-state index in [-0.39, 0.29) is 12.5 Å². The number of amides is 1. The van der Waals surface area contributed by atoms with E-state index in [2.05, 4.69) is 15.5 Å². The van der Waals surface area contributed by atoms with Crippen LogP contribution >= 0.6 is 0 Å². The molecule has 1 aromatic heterocycles. The smallest absolute Gasteiger partial charge is 0.262 e. The van der Waals surface area contributed by atoms with E-state index in [1.54, 1.807) is 31.5 Å². The number of carbonyl (C=O) groups excluding carboxylic acids is 1. The van der Waals surface area contributed by atoms with E-state index in [0.29, 0.717) is 17.2 Å². The Morgan fingerprint density at radius 3 is 2.62 bits per heavy atom. The van der Waals surface area contributed by atoms with Crippen LogP contribution < -0.4 is 14.8 Å². The minimum atomic E-state index is -0.228. The molecule has 6 heteroatoms. The second kappa shape index (κ2) is 7.32. The molecule has 2 aromatic carbocycles. The molecule has 0 saturated heterocycles. The Morgan fingerprint density at radius 1 is 1.12 bits per heavy atom. The van der Waals surface area contributed by atoms with Crippen molar-refractivity contribution in [2.45, 2.75) is 0 Å². The molecule has 0 unspecified atom stereocenters. The highest BCUT2D eigenvalue weighted by Crippen LogP contribution is 2.20. The molecule has 24 heavy (non-hydrogen) atoms. The molecule has 0 spiro atoms. The minimum Gasteiger partial charge on any atom is -0.497 e. The second-order valence-electron chi connectivity index (χ2n) is 5.08. The fourth-order valence-corrected chi connectivity index (χ4v) is 2.19. The Morgan fingerprint density at radius 2 is 1.92 bits per heavy atom. The van der Waals surface area contributed by atoms with Gasteiger partial charge in [-0.15, -0.1) is 0 Å². The standard InChI is InChI=1S/C18H17N3O3/c1-23-16-3-2-4-17(9-16)24-12-18(22)21-15-7-5-13(6-8-15)14-10-19-20-11-14/h2-11H,12H2,1H3,(H,19,20)(H,21,22). The Kier molecular flexibility index (Phi) is 4.76. The van der Waals surface area contributed by atoms with Gasteiger partial charge in [-0.1, -0.05) is 18.2 Å². The molecule has 0 aliphatic carbocycles. The Balaban J connectivity index is 1.54. The molecule has 1 heterocycles. The molecule has 0 saturated carbocycles. The summed E-state index contributed by atoms with van der Waals surface area (Å²) in [4.78, 5) is 12.0. The van der Waals surface area contributed by atoms with Gasteiger partial charge in [0.05, 0.1) is 13.3 Å². The lowest BCUT2D eigenvalue weighted by atomic mass is 10.1. The van der Waals surface area contributed by atoms with Gasteiger partial charge < -0.3 is 14.8 Å². The van der Waals surface area contributed by atoms with Gasteiger partial charge in [-0.3, -0.25) is 9.89 Å². The van der Waals surface area contributed by atoms with E-state index in [9.17, 15) is 4.79 Å². The van der Waals surface area contributed by atoms with Crippen LogP contribution in [0.2, 0.25) is 0 Å². The Bertz CT molecular complexity index is 799. The monoisotopic (exact) mass is 323 g/mol. The van der Waals surface area contributed by atoms with Gasteiger partial charge >= 0.3 is 0 Å². The molecule has 0 fully saturated rings. The minimum absolute atomic E-state index is 0.0728. The van der Waals surface area contributed by atoms with Gasteiger partial charge in [0, 0.05) is 23.5 Å². The van der Waals surface area contributed by atoms with Crippen molar-refractivity contribution in [1.82, 2.24) is 10.2 Å². The van der Waals surface area contributed by atoms with E-state index in [1.807, 2.05) is 36.5 Å². The molecule has 1 amide bonds. The van der Waals surface area contributed by atoms with Crippen LogP contribution in [0, 0.1) is 0 Å². The van der Waals surface area contributed by atoms with Gasteiger partial charge in [0.15, 0.2) is 6.61 Å². The van der Waals surface area contributed by atoms with Crippen molar-refractivity contribution in [3.63, 3.8) is 0 Å². The number of hydrogen-bond acceptors (Lipinski definition) is 4. The van der Waals surface area contributed by atoms with Crippen molar-refractivity contribution in [3.8, 4) is 22.6 Å². The number of nitrogens with one attached hydrogen (secondary N) is 2. The number of methoxy groups -OCH3 is 1. The Labute approximate surface area is 139 Å². The van der Waals surface area contributed by atoms with Crippen LogP contribution in [-0.2, 0) is 4.79 Å². The van der Waals surface area contributed by atoms with E-state index >= 15 is 0 Å². The molecule has 0 aliphatic rings. The van der Waals surface area contributed by atoms with Crippen molar-refractivity contribution in [2.75, 3.05) is 19.0 Å². The quantitative estimate of drug-likeness (QED) is 0.731. The third-order valence-electron chi connectivity index (χ3n) is 3.41. The summed E-state index contributed by atoms with van der Waals surface area (Å²) in [6.45, 7) is -0.0728. The summed E-state index contributed by atoms with van der Waals surface area (Å²) in [6, 6.07) is 14.6. The van der Waals surface area contributed by atoms with Crippen molar-refractivity contribution < 1.29 is 14.3 Å². The summed E-state index contributed by atoms with van der Waals surface area (Å²) >= 11 is 0. The fourth-order valence-electron chi connectivity index (χ4n) is 2.19. The van der Waals surface area contributed by atoms with E-state index in [0.717, 1.165) is 11.1 Å². The average molecular weight is 323 g/mol. The highest BCUT2D eigenvalue weighted by Gasteiger charge is 2.05. The first kappa shape index (κ1) is 15.6. The molecule has 0 aliphatic heterocycles. The van der Waals surface area contributed by atoms with E-state index < -0.39 is 0 Å². The van der Waals surface area contributed by atoms with Crippen LogP contribution in [0.1, 0.15) is 0 Å². The third-order valence-corrected chi connectivity index (χ3v) is 3.41. The zero-order valence-electron chi connectivity index (χ0n) is 13.2. The van der Waals surface area contributed by atoms with Crippen molar-refractivity contribution in [1.29, 1.82) is 0 Å². The largest absolute Gasteiger partial charge is 0.497 e. The number of carbonyl (C=O) groups is 1. The van der Waals surface area contributed by atoms with Gasteiger partial charge in [-0.2, -0.15) is 5.10 Å². The molecular formula is C18H17N3O3. The maximum atomic E-state index is 12.0. The lowest BCUT2D eigenvalue weighted by Crippen LogP contribution is -2.20. The van der Waals surface area contributed by atoms with Gasteiger partial charge in [0.25, 0.3) is 5.91 Å². The van der Waals surface area contributed by atoms with Gasteiger partial charge in [0.2, 0.25) is 0 Å². The van der Waals surface area contributed by atoms with Crippen LogP contribution in [0.15, 0.2) is 60.9 Å². The lowest BCUT2D eigenvalue weighted by molar-refractivity contribution is -0.118. The predicted molar refractivity (Wildman–Crippen MR) is 91.1 cm³/mol. The molecule has 122 valence electrons. The fraction of sp³-hybridized carbons (Fsp3) is 0.111. The molecule has 0 radical (unpaired) electrons. The molecule has 2 N–H and O–H groups in total. The summed E-state index contributed by atoms with van der Waals surface area (Å²) in [5.41, 5.74) is 2.73. The molecule has 0 atom stereocenters. The first-order valence-electron chi connectivity index (χ1n) is 7.40. The number of benzene rings is 2. The normalized spacial score (nSPS) is 10.2. The number of ether oxygens (including phenoxy) is 2. The number of nitrogens with zero attached hydrogens (tertiary/aromatic N) is 1. The SMILES string of the molecule is COc1cccc(OCC(=O)Nc2ccc(-c3cn[nH]c3)cc2)c1. The van der Waals surface area contributed by atoms with Crippen LogP contribution in [0.3, 0.4) is 0 Å². The number of hydrogen-bond donors (Lipinski definition) is 2. The average Bonchev–Trinajstić information content (AvgIpc) is 3.15. The molecular weight excluding hydrogens is 306 g/mol. The summed E-state index contributed by atoms with van der Waals surface area (Å²) in [6.07, 6.45) is 3.56. The lowest BCUT2D eigenvalue weighted by Gasteiger charge is -2.09. The highest BCUT2D eigenvalue weighted by atomic mass is 16.5. The van der Waals surface area contributed by atoms with Gasteiger partial charge in [0.1, 0.15) is 11.5 Å². The molecule has 3 aromatic rings. The van der Waals surface area contributed by atoms with Crippen LogP contribution in [0.5, 0.6) is 11.5 Å². The van der Waals surface area contributed by atoms with Crippen molar-refractivity contribution >= 4 is 11.6 Å². The summed E-state index contributed by atoms with van der Waals surface area (Å²) in [5, 5.41) is 9.48. The predicted octanol–water partition coefficient (Wildman–Crippen LogP) is 3.10. The van der Waals surface area contributed by atoms with Crippen LogP contribution in [-0.4, -0.2) is 29.8 Å². The summed E-state index contributed by atoms with van der Waals surface area (Å²) < 4.78 is 10.6. The van der Waals surface area contributed by atoms with Crippen molar-refractivity contribution in [2.24, 2.45) is 0 Å². The van der Waals surface area contributed by atoms with Crippen LogP contribution in [0.4, 0.5) is 5.69 Å². The van der Waals surface area contributed by atoms with Crippen molar-refractivity contribution in [3.05, 3.63) is 60.9 Å². The number of H-pyrrole nitrogens is 1. The first-order chi connectivity index (χ1) is 11.7. The molecule has 0 bridgehead atoms. The maximum Gasteiger partial charge on any atom is 0.262 e. The maximum absolute atomic E-state index is 12.0. The topological polar surface area (TPSA) is 76.2 Å². The zero-order valence-corrected chi connectivity index (χ0v) is 13.2. The van der Waals surface area contributed by atoms with Crippen LogP contribution in [0.25, 0.3) is 11.1 Å². The third kappa shape index (κ3) is 3.92. The Hall–Kier alpha value is -3.28. The zero-order chi connectivity index (χ0) is 16.8. The van der Waals surface area contributed by atoms with Gasteiger partial charge in [-0.25, -0.2) is 0 Å². The van der Waals surface area contributed by atoms with E-state index in [1.165, 1.54) is 0 Å². The molecule has 6 nitrogen and oxygen atoms in total. The molecule has 3 rings (SSSR count). The second-order valence-corrected chi connectivity index (χ2v) is 5.08. The summed E-state index contributed by atoms with van der Waals surface area (Å²) in [7, 11) is 1.58. The first-order valence-corrected chi connectivity index (χ1v) is 7.40. The number of anilines is 1. The van der Waals surface area contributed by atoms with Gasteiger partial charge in [-0.05, 0) is 29.8 Å². The number of rotatable bonds is 6. The number of aromatic amines is 1.